The summed E-state index contributed by atoms with van der Waals surface area (Å²) < 4.78 is 2.02. The van der Waals surface area contributed by atoms with Gasteiger partial charge >= 0.3 is 0 Å². The van der Waals surface area contributed by atoms with Crippen molar-refractivity contribution in [2.24, 2.45) is 4.99 Å². The summed E-state index contributed by atoms with van der Waals surface area (Å²) in [6.45, 7) is 3.53. The topological polar surface area (TPSA) is 54.2 Å². The quantitative estimate of drug-likeness (QED) is 0.389. The van der Waals surface area contributed by atoms with Crippen LogP contribution in [0.1, 0.15) is 16.7 Å². The maximum absolute atomic E-state index is 4.35. The van der Waals surface area contributed by atoms with Crippen LogP contribution in [0.15, 0.2) is 71.1 Å². The molecule has 0 fully saturated rings. The monoisotopic (exact) mass is 379 g/mol. The van der Waals surface area contributed by atoms with Gasteiger partial charge in [0.05, 0.1) is 12.0 Å². The lowest BCUT2D eigenvalue weighted by Crippen LogP contribution is -2.36. The second-order valence-electron chi connectivity index (χ2n) is 6.19. The zero-order chi connectivity index (χ0) is 19.1. The Labute approximate surface area is 164 Å². The van der Waals surface area contributed by atoms with Gasteiger partial charge in [0.15, 0.2) is 5.96 Å². The third-order valence-electron chi connectivity index (χ3n) is 4.33. The SMILES string of the molecule is CN=C(NCc1ccc(C)cc1SC)NCc1ccccc1-n1ccnc1. The van der Waals surface area contributed by atoms with Gasteiger partial charge in [0.1, 0.15) is 0 Å². The molecule has 6 heteroatoms. The Morgan fingerprint density at radius 2 is 1.89 bits per heavy atom. The maximum atomic E-state index is 4.35. The Morgan fingerprint density at radius 1 is 1.11 bits per heavy atom. The first-order chi connectivity index (χ1) is 13.2. The van der Waals surface area contributed by atoms with Crippen LogP contribution in [0.2, 0.25) is 0 Å². The highest BCUT2D eigenvalue weighted by molar-refractivity contribution is 7.98. The first-order valence-corrected chi connectivity index (χ1v) is 10.1. The molecule has 140 valence electrons. The first kappa shape index (κ1) is 19.0. The molecular formula is C21H25N5S. The fourth-order valence-electron chi connectivity index (χ4n) is 2.89. The Hall–Kier alpha value is -2.73. The summed E-state index contributed by atoms with van der Waals surface area (Å²) in [5.41, 5.74) is 4.84. The van der Waals surface area contributed by atoms with Crippen molar-refractivity contribution < 1.29 is 0 Å². The van der Waals surface area contributed by atoms with E-state index < -0.39 is 0 Å². The molecule has 27 heavy (non-hydrogen) atoms. The van der Waals surface area contributed by atoms with Crippen molar-refractivity contribution in [3.8, 4) is 5.69 Å². The van der Waals surface area contributed by atoms with E-state index in [9.17, 15) is 0 Å². The minimum atomic E-state index is 0.678. The molecule has 0 aliphatic carbocycles. The molecule has 2 N–H and O–H groups in total. The molecule has 5 nitrogen and oxygen atoms in total. The molecule has 0 atom stereocenters. The average molecular weight is 380 g/mol. The summed E-state index contributed by atoms with van der Waals surface area (Å²) in [6.07, 6.45) is 7.66. The summed E-state index contributed by atoms with van der Waals surface area (Å²) in [4.78, 5) is 9.79. The van der Waals surface area contributed by atoms with E-state index in [1.807, 2.05) is 29.2 Å². The molecule has 0 aliphatic rings. The number of para-hydroxylation sites is 1. The highest BCUT2D eigenvalue weighted by Gasteiger charge is 2.06. The van der Waals surface area contributed by atoms with Crippen LogP contribution in [0.3, 0.4) is 0 Å². The second kappa shape index (κ2) is 9.28. The van der Waals surface area contributed by atoms with E-state index in [0.29, 0.717) is 6.54 Å². The van der Waals surface area contributed by atoms with E-state index in [-0.39, 0.29) is 0 Å². The molecule has 0 saturated heterocycles. The largest absolute Gasteiger partial charge is 0.352 e. The first-order valence-electron chi connectivity index (χ1n) is 8.85. The highest BCUT2D eigenvalue weighted by Crippen LogP contribution is 2.21. The minimum absolute atomic E-state index is 0.678. The number of aliphatic imine (C=N–C) groups is 1. The van der Waals surface area contributed by atoms with Gasteiger partial charge in [0, 0.05) is 37.4 Å². The summed E-state index contributed by atoms with van der Waals surface area (Å²) in [7, 11) is 1.79. The lowest BCUT2D eigenvalue weighted by atomic mass is 10.1. The van der Waals surface area contributed by atoms with Crippen molar-refractivity contribution in [1.82, 2.24) is 20.2 Å². The zero-order valence-corrected chi connectivity index (χ0v) is 16.8. The number of guanidine groups is 1. The van der Waals surface area contributed by atoms with E-state index in [4.69, 9.17) is 0 Å². The van der Waals surface area contributed by atoms with Gasteiger partial charge in [-0.25, -0.2) is 4.98 Å². The lowest BCUT2D eigenvalue weighted by Gasteiger charge is -2.16. The number of hydrogen-bond donors (Lipinski definition) is 2. The number of hydrogen-bond acceptors (Lipinski definition) is 3. The number of thioether (sulfide) groups is 1. The molecule has 0 saturated carbocycles. The fraction of sp³-hybridized carbons (Fsp3) is 0.238. The molecule has 0 unspecified atom stereocenters. The minimum Gasteiger partial charge on any atom is -0.352 e. The molecule has 3 aromatic rings. The molecule has 1 heterocycles. The number of aryl methyl sites for hydroxylation is 1. The van der Waals surface area contributed by atoms with Crippen LogP contribution in [0, 0.1) is 6.92 Å². The van der Waals surface area contributed by atoms with Gasteiger partial charge in [-0.2, -0.15) is 0 Å². The van der Waals surface area contributed by atoms with E-state index in [0.717, 1.165) is 18.2 Å². The molecule has 0 spiro atoms. The molecule has 0 bridgehead atoms. The number of rotatable bonds is 6. The second-order valence-corrected chi connectivity index (χ2v) is 7.04. The molecule has 3 rings (SSSR count). The smallest absolute Gasteiger partial charge is 0.191 e. The fourth-order valence-corrected chi connectivity index (χ4v) is 3.60. The lowest BCUT2D eigenvalue weighted by molar-refractivity contribution is 0.796. The molecule has 0 amide bonds. The van der Waals surface area contributed by atoms with Crippen LogP contribution >= 0.6 is 11.8 Å². The normalized spacial score (nSPS) is 11.4. The number of nitrogens with zero attached hydrogens (tertiary/aromatic N) is 3. The van der Waals surface area contributed by atoms with Crippen LogP contribution in [0.5, 0.6) is 0 Å². The van der Waals surface area contributed by atoms with Gasteiger partial charge in [-0.05, 0) is 42.0 Å². The number of benzene rings is 2. The van der Waals surface area contributed by atoms with Crippen LogP contribution in [0.25, 0.3) is 5.69 Å². The molecule has 2 aromatic carbocycles. The van der Waals surface area contributed by atoms with Crippen LogP contribution in [-0.4, -0.2) is 28.8 Å². The van der Waals surface area contributed by atoms with Gasteiger partial charge in [0.25, 0.3) is 0 Å². The predicted molar refractivity (Wildman–Crippen MR) is 114 cm³/mol. The highest BCUT2D eigenvalue weighted by atomic mass is 32.2. The molecule has 1 aromatic heterocycles. The Kier molecular flexibility index (Phi) is 6.54. The van der Waals surface area contributed by atoms with Gasteiger partial charge in [-0.15, -0.1) is 11.8 Å². The number of nitrogens with one attached hydrogen (secondary N) is 2. The van der Waals surface area contributed by atoms with Gasteiger partial charge in [0.2, 0.25) is 0 Å². The summed E-state index contributed by atoms with van der Waals surface area (Å²) in [5.74, 6) is 0.781. The van der Waals surface area contributed by atoms with E-state index in [1.54, 1.807) is 25.0 Å². The van der Waals surface area contributed by atoms with Crippen LogP contribution in [-0.2, 0) is 13.1 Å². The molecular weight excluding hydrogens is 354 g/mol. The van der Waals surface area contributed by atoms with Gasteiger partial charge < -0.3 is 15.2 Å². The number of imidazole rings is 1. The average Bonchev–Trinajstić information content (AvgIpc) is 3.23. The van der Waals surface area contributed by atoms with Crippen molar-refractivity contribution in [3.05, 3.63) is 77.9 Å². The predicted octanol–water partition coefficient (Wildman–Crippen LogP) is 3.77. The van der Waals surface area contributed by atoms with Crippen molar-refractivity contribution >= 4 is 17.7 Å². The summed E-state index contributed by atoms with van der Waals surface area (Å²) in [5, 5.41) is 6.82. The van der Waals surface area contributed by atoms with E-state index >= 15 is 0 Å². The Balaban J connectivity index is 1.64. The van der Waals surface area contributed by atoms with E-state index in [2.05, 4.69) is 64.1 Å². The van der Waals surface area contributed by atoms with Crippen molar-refractivity contribution in [2.75, 3.05) is 13.3 Å². The van der Waals surface area contributed by atoms with Crippen molar-refractivity contribution in [3.63, 3.8) is 0 Å². The Bertz CT molecular complexity index is 903. The summed E-state index contributed by atoms with van der Waals surface area (Å²) in [6, 6.07) is 14.8. The van der Waals surface area contributed by atoms with Crippen molar-refractivity contribution in [1.29, 1.82) is 0 Å². The van der Waals surface area contributed by atoms with Crippen LogP contribution in [0.4, 0.5) is 0 Å². The standard InChI is InChI=1S/C21H25N5S/c1-16-8-9-18(20(12-16)27-3)14-25-21(22-2)24-13-17-6-4-5-7-19(17)26-11-10-23-15-26/h4-12,15H,13-14H2,1-3H3,(H2,22,24,25). The van der Waals surface area contributed by atoms with E-state index in [1.165, 1.54) is 21.6 Å². The number of aromatic nitrogens is 2. The Morgan fingerprint density at radius 3 is 2.59 bits per heavy atom. The third kappa shape index (κ3) is 4.92. The molecule has 0 radical (unpaired) electrons. The zero-order valence-electron chi connectivity index (χ0n) is 15.9. The summed E-state index contributed by atoms with van der Waals surface area (Å²) >= 11 is 1.77. The molecule has 0 aliphatic heterocycles. The maximum Gasteiger partial charge on any atom is 0.191 e. The third-order valence-corrected chi connectivity index (χ3v) is 5.15. The van der Waals surface area contributed by atoms with Gasteiger partial charge in [-0.1, -0.05) is 30.3 Å². The van der Waals surface area contributed by atoms with Crippen LogP contribution < -0.4 is 10.6 Å². The van der Waals surface area contributed by atoms with Crippen molar-refractivity contribution in [2.45, 2.75) is 24.9 Å². The van der Waals surface area contributed by atoms with Gasteiger partial charge in [-0.3, -0.25) is 4.99 Å².